The molecule has 130 valence electrons. The zero-order chi connectivity index (χ0) is 17.3. The second-order valence-corrected chi connectivity index (χ2v) is 7.87. The number of nitrogens with zero attached hydrogens (tertiary/aromatic N) is 1. The summed E-state index contributed by atoms with van der Waals surface area (Å²) in [5, 5.41) is 1.40. The fourth-order valence-corrected chi connectivity index (χ4v) is 4.57. The van der Waals surface area contributed by atoms with Crippen LogP contribution in [0.1, 0.15) is 57.4 Å². The summed E-state index contributed by atoms with van der Waals surface area (Å²) in [6.45, 7) is 4.68. The maximum absolute atomic E-state index is 13.0. The van der Waals surface area contributed by atoms with Crippen molar-refractivity contribution in [2.75, 3.05) is 14.2 Å². The van der Waals surface area contributed by atoms with Gasteiger partial charge < -0.3 is 0 Å². The Morgan fingerprint density at radius 2 is 1.92 bits per heavy atom. The number of hydrogen-bond donors (Lipinski definition) is 0. The number of benzene rings is 1. The molecule has 1 aromatic rings. The van der Waals surface area contributed by atoms with E-state index in [0.717, 1.165) is 12.8 Å². The molecule has 3 nitrogen and oxygen atoms in total. The Balaban J connectivity index is 2.00. The molecule has 0 fully saturated rings. The van der Waals surface area contributed by atoms with E-state index in [1.54, 1.807) is 19.7 Å². The summed E-state index contributed by atoms with van der Waals surface area (Å²) in [6.07, 6.45) is 5.57. The normalized spacial score (nSPS) is 26.0. The van der Waals surface area contributed by atoms with Crippen LogP contribution in [0.3, 0.4) is 0 Å². The van der Waals surface area contributed by atoms with Crippen LogP contribution in [0.25, 0.3) is 0 Å². The van der Waals surface area contributed by atoms with Gasteiger partial charge in [0.2, 0.25) is 5.91 Å². The van der Waals surface area contributed by atoms with Crippen LogP contribution < -0.4 is 0 Å². The summed E-state index contributed by atoms with van der Waals surface area (Å²) in [4.78, 5) is 18.2. The first kappa shape index (κ1) is 17.2. The van der Waals surface area contributed by atoms with Gasteiger partial charge >= 0.3 is 0 Å². The van der Waals surface area contributed by atoms with Gasteiger partial charge in [0.15, 0.2) is 0 Å². The van der Waals surface area contributed by atoms with Crippen LogP contribution in [-0.4, -0.2) is 25.1 Å². The summed E-state index contributed by atoms with van der Waals surface area (Å²) in [5.74, 6) is 0.316. The van der Waals surface area contributed by atoms with Gasteiger partial charge in [-0.25, -0.2) is 5.06 Å². The first-order chi connectivity index (χ1) is 11.4. The lowest BCUT2D eigenvalue weighted by atomic mass is 9.62. The number of carbonyl (C=O) groups excluding carboxylic acids is 1. The standard InChI is InChI=1S/C21H29NO2/c1-21(2)12-8-11-16-13-17(15-9-6-5-7-10-15)18(14-19(16)21)20(23)22(3)24-4/h5-7,9-10,17-18H,8,11-14H2,1-4H3/t17-,18+/m1/s1. The maximum atomic E-state index is 13.0. The Labute approximate surface area is 145 Å². The zero-order valence-electron chi connectivity index (χ0n) is 15.3. The Morgan fingerprint density at radius 3 is 2.58 bits per heavy atom. The smallest absolute Gasteiger partial charge is 0.249 e. The van der Waals surface area contributed by atoms with Crippen LogP contribution in [0.4, 0.5) is 0 Å². The van der Waals surface area contributed by atoms with E-state index in [4.69, 9.17) is 4.84 Å². The van der Waals surface area contributed by atoms with E-state index < -0.39 is 0 Å². The van der Waals surface area contributed by atoms with Gasteiger partial charge in [-0.15, -0.1) is 0 Å². The molecule has 0 aliphatic heterocycles. The fourth-order valence-electron chi connectivity index (χ4n) is 4.57. The average molecular weight is 327 g/mol. The van der Waals surface area contributed by atoms with Gasteiger partial charge in [0.05, 0.1) is 13.0 Å². The second kappa shape index (κ2) is 6.72. The molecular weight excluding hydrogens is 298 g/mol. The molecule has 3 rings (SSSR count). The molecule has 3 heteroatoms. The molecule has 0 radical (unpaired) electrons. The molecule has 0 N–H and O–H groups in total. The third-order valence-electron chi connectivity index (χ3n) is 6.03. The van der Waals surface area contributed by atoms with E-state index in [0.29, 0.717) is 0 Å². The molecule has 1 amide bonds. The summed E-state index contributed by atoms with van der Waals surface area (Å²) in [5.41, 5.74) is 4.63. The molecule has 24 heavy (non-hydrogen) atoms. The van der Waals surface area contributed by atoms with E-state index in [1.807, 2.05) is 6.07 Å². The molecule has 2 aliphatic rings. The highest BCUT2D eigenvalue weighted by Crippen LogP contribution is 2.52. The Kier molecular flexibility index (Phi) is 4.82. The van der Waals surface area contributed by atoms with Crippen molar-refractivity contribution in [3.8, 4) is 0 Å². The third-order valence-corrected chi connectivity index (χ3v) is 6.03. The lowest BCUT2D eigenvalue weighted by Gasteiger charge is -2.44. The van der Waals surface area contributed by atoms with Gasteiger partial charge in [0.1, 0.15) is 0 Å². The second-order valence-electron chi connectivity index (χ2n) is 7.87. The summed E-state index contributed by atoms with van der Waals surface area (Å²) in [7, 11) is 3.29. The molecule has 0 spiro atoms. The predicted octanol–water partition coefficient (Wildman–Crippen LogP) is 4.71. The van der Waals surface area contributed by atoms with Crippen LogP contribution in [-0.2, 0) is 9.63 Å². The van der Waals surface area contributed by atoms with Gasteiger partial charge in [0, 0.05) is 7.05 Å². The zero-order valence-corrected chi connectivity index (χ0v) is 15.3. The van der Waals surface area contributed by atoms with E-state index in [9.17, 15) is 4.79 Å². The van der Waals surface area contributed by atoms with Gasteiger partial charge in [-0.2, -0.15) is 0 Å². The number of rotatable bonds is 3. The number of hydrogen-bond acceptors (Lipinski definition) is 2. The molecule has 0 aromatic heterocycles. The summed E-state index contributed by atoms with van der Waals surface area (Å²) < 4.78 is 0. The Morgan fingerprint density at radius 1 is 1.21 bits per heavy atom. The van der Waals surface area contributed by atoms with Crippen molar-refractivity contribution in [2.45, 2.75) is 51.9 Å². The SMILES string of the molecule is CON(C)C(=O)[C@H]1CC2=C(CCCC2(C)C)C[C@@H]1c1ccccc1. The average Bonchev–Trinajstić information content (AvgIpc) is 2.60. The van der Waals surface area contributed by atoms with Gasteiger partial charge in [0.25, 0.3) is 0 Å². The van der Waals surface area contributed by atoms with Crippen molar-refractivity contribution < 1.29 is 9.63 Å². The van der Waals surface area contributed by atoms with Crippen molar-refractivity contribution in [3.05, 3.63) is 47.0 Å². The monoisotopic (exact) mass is 327 g/mol. The van der Waals surface area contributed by atoms with Crippen LogP contribution in [0.15, 0.2) is 41.5 Å². The minimum Gasteiger partial charge on any atom is -0.275 e. The Hall–Kier alpha value is -1.61. The highest BCUT2D eigenvalue weighted by atomic mass is 16.7. The molecular formula is C21H29NO2. The molecule has 0 unspecified atom stereocenters. The molecule has 0 bridgehead atoms. The molecule has 0 saturated heterocycles. The van der Waals surface area contributed by atoms with Crippen LogP contribution in [0.2, 0.25) is 0 Å². The van der Waals surface area contributed by atoms with E-state index in [2.05, 4.69) is 38.1 Å². The van der Waals surface area contributed by atoms with Gasteiger partial charge in [-0.3, -0.25) is 9.63 Å². The highest BCUT2D eigenvalue weighted by molar-refractivity contribution is 5.79. The third kappa shape index (κ3) is 3.14. The van der Waals surface area contributed by atoms with Crippen LogP contribution in [0, 0.1) is 11.3 Å². The minimum atomic E-state index is -0.0338. The lowest BCUT2D eigenvalue weighted by Crippen LogP contribution is -2.39. The van der Waals surface area contributed by atoms with Crippen molar-refractivity contribution in [3.63, 3.8) is 0 Å². The van der Waals surface area contributed by atoms with Gasteiger partial charge in [-0.05, 0) is 49.0 Å². The van der Waals surface area contributed by atoms with E-state index in [-0.39, 0.29) is 23.2 Å². The number of amides is 1. The fraction of sp³-hybridized carbons (Fsp3) is 0.571. The van der Waals surface area contributed by atoms with E-state index in [1.165, 1.54) is 35.5 Å². The van der Waals surface area contributed by atoms with Crippen molar-refractivity contribution in [1.82, 2.24) is 5.06 Å². The first-order valence-electron chi connectivity index (χ1n) is 9.02. The quantitative estimate of drug-likeness (QED) is 0.594. The first-order valence-corrected chi connectivity index (χ1v) is 9.02. The molecule has 2 atom stereocenters. The minimum absolute atomic E-state index is 0.0338. The molecule has 2 aliphatic carbocycles. The highest BCUT2D eigenvalue weighted by Gasteiger charge is 2.42. The summed E-state index contributed by atoms with van der Waals surface area (Å²) in [6, 6.07) is 10.5. The largest absolute Gasteiger partial charge is 0.275 e. The van der Waals surface area contributed by atoms with Crippen LogP contribution >= 0.6 is 0 Å². The molecule has 1 aromatic carbocycles. The molecule has 0 saturated carbocycles. The predicted molar refractivity (Wildman–Crippen MR) is 96.3 cm³/mol. The van der Waals surface area contributed by atoms with Crippen molar-refractivity contribution >= 4 is 5.91 Å². The number of carbonyl (C=O) groups is 1. The van der Waals surface area contributed by atoms with Gasteiger partial charge in [-0.1, -0.05) is 55.3 Å². The maximum Gasteiger partial charge on any atom is 0.249 e. The topological polar surface area (TPSA) is 29.5 Å². The lowest BCUT2D eigenvalue weighted by molar-refractivity contribution is -0.174. The van der Waals surface area contributed by atoms with Crippen LogP contribution in [0.5, 0.6) is 0 Å². The number of hydroxylamine groups is 2. The number of allylic oxidation sites excluding steroid dienone is 2. The van der Waals surface area contributed by atoms with E-state index >= 15 is 0 Å². The Bertz CT molecular complexity index is 632. The van der Waals surface area contributed by atoms with Crippen molar-refractivity contribution in [2.24, 2.45) is 11.3 Å². The van der Waals surface area contributed by atoms with Crippen molar-refractivity contribution in [1.29, 1.82) is 0 Å². The molecule has 0 heterocycles. The summed E-state index contributed by atoms with van der Waals surface area (Å²) >= 11 is 0.